The van der Waals surface area contributed by atoms with E-state index in [1.807, 2.05) is 19.2 Å². The molecule has 0 spiro atoms. The normalized spacial score (nSPS) is 14.7. The number of hydrogen-bond acceptors (Lipinski definition) is 3. The second-order valence-corrected chi connectivity index (χ2v) is 3.99. The topological polar surface area (TPSA) is 36.4 Å². The minimum absolute atomic E-state index is 0.433. The van der Waals surface area contributed by atoms with E-state index in [1.165, 1.54) is 0 Å². The van der Waals surface area contributed by atoms with Gasteiger partial charge in [0, 0.05) is 19.3 Å². The molecule has 0 amide bonds. The minimum atomic E-state index is -0.433. The van der Waals surface area contributed by atoms with E-state index in [0.29, 0.717) is 6.04 Å². The number of anilines is 1. The van der Waals surface area contributed by atoms with E-state index in [-0.39, 0.29) is 0 Å². The van der Waals surface area contributed by atoms with E-state index in [9.17, 15) is 5.11 Å². The largest absolute Gasteiger partial charge is 0.389 e. The monoisotopic (exact) mass is 208 g/mol. The fourth-order valence-corrected chi connectivity index (χ4v) is 1.39. The Labute approximate surface area is 91.8 Å². The smallest absolute Gasteiger partial charge is 0.128 e. The van der Waals surface area contributed by atoms with Crippen LogP contribution in [0, 0.1) is 0 Å². The highest BCUT2D eigenvalue weighted by molar-refractivity contribution is 5.41. The SMILES string of the molecule is CCC(C)N(C)c1cc([C@@H](C)O)ccn1. The molecule has 3 heteroatoms. The van der Waals surface area contributed by atoms with Crippen LogP contribution >= 0.6 is 0 Å². The average molecular weight is 208 g/mol. The van der Waals surface area contributed by atoms with Crippen molar-refractivity contribution in [2.24, 2.45) is 0 Å². The summed E-state index contributed by atoms with van der Waals surface area (Å²) in [5.74, 6) is 0.919. The first-order valence-corrected chi connectivity index (χ1v) is 5.43. The van der Waals surface area contributed by atoms with Gasteiger partial charge in [0.2, 0.25) is 0 Å². The lowest BCUT2D eigenvalue weighted by Gasteiger charge is -2.25. The van der Waals surface area contributed by atoms with Crippen molar-refractivity contribution in [1.82, 2.24) is 4.98 Å². The number of aliphatic hydroxyl groups is 1. The lowest BCUT2D eigenvalue weighted by atomic mass is 10.1. The second-order valence-electron chi connectivity index (χ2n) is 3.99. The van der Waals surface area contributed by atoms with Crippen LogP contribution in [-0.4, -0.2) is 23.2 Å². The van der Waals surface area contributed by atoms with Crippen molar-refractivity contribution in [1.29, 1.82) is 0 Å². The first-order valence-electron chi connectivity index (χ1n) is 5.43. The van der Waals surface area contributed by atoms with Gasteiger partial charge in [-0.2, -0.15) is 0 Å². The summed E-state index contributed by atoms with van der Waals surface area (Å²) in [7, 11) is 2.03. The third kappa shape index (κ3) is 2.93. The second kappa shape index (κ2) is 5.12. The number of aliphatic hydroxyl groups excluding tert-OH is 1. The van der Waals surface area contributed by atoms with Crippen LogP contribution in [0.1, 0.15) is 38.9 Å². The standard InChI is InChI=1S/C12H20N2O/c1-5-9(2)14(4)12-8-11(10(3)15)6-7-13-12/h6-10,15H,5H2,1-4H3/t9?,10-/m1/s1. The van der Waals surface area contributed by atoms with E-state index in [1.54, 1.807) is 13.1 Å². The van der Waals surface area contributed by atoms with Crippen molar-refractivity contribution in [2.45, 2.75) is 39.3 Å². The van der Waals surface area contributed by atoms with Crippen LogP contribution in [0.25, 0.3) is 0 Å². The third-order valence-electron chi connectivity index (χ3n) is 2.87. The van der Waals surface area contributed by atoms with Crippen molar-refractivity contribution in [3.63, 3.8) is 0 Å². The van der Waals surface area contributed by atoms with Gasteiger partial charge >= 0.3 is 0 Å². The predicted molar refractivity (Wildman–Crippen MR) is 63.0 cm³/mol. The molecule has 3 nitrogen and oxygen atoms in total. The van der Waals surface area contributed by atoms with Crippen LogP contribution in [0.4, 0.5) is 5.82 Å². The zero-order chi connectivity index (χ0) is 11.4. The molecule has 1 rings (SSSR count). The molecule has 0 aliphatic heterocycles. The molecule has 1 aromatic heterocycles. The van der Waals surface area contributed by atoms with Gasteiger partial charge in [0.15, 0.2) is 0 Å². The van der Waals surface area contributed by atoms with E-state index < -0.39 is 6.10 Å². The lowest BCUT2D eigenvalue weighted by Crippen LogP contribution is -2.28. The summed E-state index contributed by atoms with van der Waals surface area (Å²) in [5, 5.41) is 9.48. The molecule has 0 fully saturated rings. The Morgan fingerprint density at radius 2 is 2.13 bits per heavy atom. The molecule has 0 aliphatic carbocycles. The Morgan fingerprint density at radius 1 is 1.47 bits per heavy atom. The Morgan fingerprint density at radius 3 is 2.67 bits per heavy atom. The number of nitrogens with zero attached hydrogens (tertiary/aromatic N) is 2. The summed E-state index contributed by atoms with van der Waals surface area (Å²) in [5.41, 5.74) is 0.912. The number of hydrogen-bond donors (Lipinski definition) is 1. The van der Waals surface area contributed by atoms with Crippen LogP contribution in [0.5, 0.6) is 0 Å². The molecular formula is C12H20N2O. The molecule has 1 unspecified atom stereocenters. The van der Waals surface area contributed by atoms with Gasteiger partial charge in [-0.05, 0) is 38.0 Å². The van der Waals surface area contributed by atoms with Crippen LogP contribution in [0.2, 0.25) is 0 Å². The molecule has 0 aromatic carbocycles. The molecule has 1 heterocycles. The van der Waals surface area contributed by atoms with Gasteiger partial charge < -0.3 is 10.0 Å². The first kappa shape index (κ1) is 12.0. The average Bonchev–Trinajstić information content (AvgIpc) is 2.27. The zero-order valence-corrected chi connectivity index (χ0v) is 9.94. The first-order chi connectivity index (χ1) is 7.06. The Bertz CT molecular complexity index is 312. The Kier molecular flexibility index (Phi) is 4.09. The quantitative estimate of drug-likeness (QED) is 0.825. The highest BCUT2D eigenvalue weighted by atomic mass is 16.3. The van der Waals surface area contributed by atoms with Crippen molar-refractivity contribution in [3.8, 4) is 0 Å². The maximum Gasteiger partial charge on any atom is 0.128 e. The number of aromatic nitrogens is 1. The molecule has 1 N–H and O–H groups in total. The molecule has 0 radical (unpaired) electrons. The summed E-state index contributed by atoms with van der Waals surface area (Å²) in [6.45, 7) is 6.08. The molecule has 84 valence electrons. The van der Waals surface area contributed by atoms with Gasteiger partial charge in [-0.15, -0.1) is 0 Å². The van der Waals surface area contributed by atoms with Gasteiger partial charge in [-0.1, -0.05) is 6.92 Å². The van der Waals surface area contributed by atoms with E-state index in [4.69, 9.17) is 0 Å². The highest BCUT2D eigenvalue weighted by Crippen LogP contribution is 2.19. The molecule has 2 atom stereocenters. The summed E-state index contributed by atoms with van der Waals surface area (Å²) in [4.78, 5) is 6.44. The van der Waals surface area contributed by atoms with Crippen LogP contribution < -0.4 is 4.90 Å². The summed E-state index contributed by atoms with van der Waals surface area (Å²) < 4.78 is 0. The van der Waals surface area contributed by atoms with Gasteiger partial charge in [-0.25, -0.2) is 4.98 Å². The minimum Gasteiger partial charge on any atom is -0.389 e. The molecule has 0 saturated carbocycles. The molecular weight excluding hydrogens is 188 g/mol. The molecule has 0 bridgehead atoms. The van der Waals surface area contributed by atoms with Gasteiger partial charge in [-0.3, -0.25) is 0 Å². The van der Waals surface area contributed by atoms with Gasteiger partial charge in [0.25, 0.3) is 0 Å². The van der Waals surface area contributed by atoms with Gasteiger partial charge in [0.05, 0.1) is 6.10 Å². The van der Waals surface area contributed by atoms with Gasteiger partial charge in [0.1, 0.15) is 5.82 Å². The number of pyridine rings is 1. The van der Waals surface area contributed by atoms with Crippen LogP contribution in [-0.2, 0) is 0 Å². The fourth-order valence-electron chi connectivity index (χ4n) is 1.39. The number of rotatable bonds is 4. The summed E-state index contributed by atoms with van der Waals surface area (Å²) in [6.07, 6.45) is 2.39. The van der Waals surface area contributed by atoms with Crippen LogP contribution in [0.15, 0.2) is 18.3 Å². The van der Waals surface area contributed by atoms with E-state index in [2.05, 4.69) is 23.7 Å². The third-order valence-corrected chi connectivity index (χ3v) is 2.87. The van der Waals surface area contributed by atoms with Crippen LogP contribution in [0.3, 0.4) is 0 Å². The summed E-state index contributed by atoms with van der Waals surface area (Å²) >= 11 is 0. The fraction of sp³-hybridized carbons (Fsp3) is 0.583. The highest BCUT2D eigenvalue weighted by Gasteiger charge is 2.10. The van der Waals surface area contributed by atoms with Crippen molar-refractivity contribution >= 4 is 5.82 Å². The summed E-state index contributed by atoms with van der Waals surface area (Å²) in [6, 6.07) is 4.25. The van der Waals surface area contributed by atoms with E-state index in [0.717, 1.165) is 17.8 Å². The molecule has 0 saturated heterocycles. The molecule has 0 aliphatic rings. The predicted octanol–water partition coefficient (Wildman–Crippen LogP) is 2.37. The zero-order valence-electron chi connectivity index (χ0n) is 9.94. The van der Waals surface area contributed by atoms with Crippen molar-refractivity contribution in [3.05, 3.63) is 23.9 Å². The maximum absolute atomic E-state index is 9.48. The Hall–Kier alpha value is -1.09. The maximum atomic E-state index is 9.48. The lowest BCUT2D eigenvalue weighted by molar-refractivity contribution is 0.199. The molecule has 15 heavy (non-hydrogen) atoms. The molecule has 1 aromatic rings. The Balaban J connectivity index is 2.90. The van der Waals surface area contributed by atoms with E-state index >= 15 is 0 Å². The van der Waals surface area contributed by atoms with Crippen molar-refractivity contribution in [2.75, 3.05) is 11.9 Å². The van der Waals surface area contributed by atoms with Crippen molar-refractivity contribution < 1.29 is 5.11 Å².